The number of nitrogens with one attached hydrogen (secondary N) is 1. The van der Waals surface area contributed by atoms with E-state index in [1.54, 1.807) is 62.4 Å². The normalized spacial score (nSPS) is 15.7. The van der Waals surface area contributed by atoms with Crippen LogP contribution in [0.3, 0.4) is 0 Å². The molecule has 1 aliphatic rings. The molecule has 2 atom stereocenters. The van der Waals surface area contributed by atoms with Crippen LogP contribution in [0.2, 0.25) is 0 Å². The second-order valence-corrected chi connectivity index (χ2v) is 9.16. The number of carbonyl (C=O) groups is 5. The maximum absolute atomic E-state index is 13.1. The lowest BCUT2D eigenvalue weighted by atomic mass is 10.0. The smallest absolute Gasteiger partial charge is 0.407 e. The average molecular weight is 508 g/mol. The lowest BCUT2D eigenvalue weighted by Gasteiger charge is -2.29. The Balaban J connectivity index is 1.59. The number of ether oxygens (including phenoxy) is 2. The van der Waals surface area contributed by atoms with Crippen molar-refractivity contribution in [2.75, 3.05) is 20.3 Å². The summed E-state index contributed by atoms with van der Waals surface area (Å²) < 4.78 is 9.89. The minimum atomic E-state index is -0.851. The van der Waals surface area contributed by atoms with Crippen molar-refractivity contribution in [3.63, 3.8) is 0 Å². The van der Waals surface area contributed by atoms with Crippen LogP contribution in [0.4, 0.5) is 4.79 Å². The number of esters is 1. The molecule has 0 saturated carbocycles. The van der Waals surface area contributed by atoms with Crippen molar-refractivity contribution in [2.45, 2.75) is 38.8 Å². The topological polar surface area (TPSA) is 119 Å². The van der Waals surface area contributed by atoms with Crippen LogP contribution in [0.5, 0.6) is 0 Å². The van der Waals surface area contributed by atoms with Gasteiger partial charge in [0.2, 0.25) is 5.91 Å². The molecule has 37 heavy (non-hydrogen) atoms. The van der Waals surface area contributed by atoms with E-state index in [-0.39, 0.29) is 17.5 Å². The van der Waals surface area contributed by atoms with Crippen molar-refractivity contribution < 1.29 is 33.4 Å². The summed E-state index contributed by atoms with van der Waals surface area (Å²) in [4.78, 5) is 62.9. The Morgan fingerprint density at radius 2 is 1.54 bits per heavy atom. The van der Waals surface area contributed by atoms with Crippen molar-refractivity contribution in [3.05, 3.63) is 66.6 Å². The first kappa shape index (κ1) is 27.6. The first-order valence-corrected chi connectivity index (χ1v) is 12.0. The third kappa shape index (κ3) is 6.81. The number of amides is 2. The Bertz CT molecular complexity index is 1160. The monoisotopic (exact) mass is 507 g/mol. The SMILES string of the molecule is [CH2]C(=O)c1ccc(-c2ccc(C(=O)COC(=O)C3CCCN3C(=O)[C@@H](NC(=O)OC)C(C)C)cc2)cc1. The number of benzene rings is 2. The fraction of sp³-hybridized carbons (Fsp3) is 0.357. The average Bonchev–Trinajstić information content (AvgIpc) is 3.40. The number of alkyl carbamates (subject to hydrolysis) is 1. The molecule has 2 aromatic rings. The molecule has 0 aromatic heterocycles. The largest absolute Gasteiger partial charge is 0.456 e. The van der Waals surface area contributed by atoms with E-state index in [4.69, 9.17) is 4.74 Å². The van der Waals surface area contributed by atoms with Gasteiger partial charge in [-0.05, 0) is 29.9 Å². The first-order chi connectivity index (χ1) is 17.6. The number of likely N-dealkylation sites (tertiary alicyclic amines) is 1. The molecule has 9 heteroatoms. The van der Waals surface area contributed by atoms with E-state index in [9.17, 15) is 24.0 Å². The zero-order valence-corrected chi connectivity index (χ0v) is 21.2. The number of rotatable bonds is 9. The first-order valence-electron chi connectivity index (χ1n) is 12.0. The lowest BCUT2D eigenvalue weighted by molar-refractivity contribution is -0.153. The Morgan fingerprint density at radius 3 is 2.05 bits per heavy atom. The minimum Gasteiger partial charge on any atom is -0.456 e. The summed E-state index contributed by atoms with van der Waals surface area (Å²) in [5, 5.41) is 2.52. The van der Waals surface area contributed by atoms with Gasteiger partial charge in [0.15, 0.2) is 18.2 Å². The molecule has 1 saturated heterocycles. The lowest BCUT2D eigenvalue weighted by Crippen LogP contribution is -2.54. The number of Topliss-reactive ketones (excluding diaryl/α,β-unsaturated/α-hetero) is 2. The van der Waals surface area contributed by atoms with Gasteiger partial charge in [-0.3, -0.25) is 14.4 Å². The highest BCUT2D eigenvalue weighted by atomic mass is 16.5. The van der Waals surface area contributed by atoms with Crippen molar-refractivity contribution in [3.8, 4) is 11.1 Å². The maximum Gasteiger partial charge on any atom is 0.407 e. The van der Waals surface area contributed by atoms with Crippen molar-refractivity contribution >= 4 is 29.5 Å². The summed E-state index contributed by atoms with van der Waals surface area (Å²) in [5.41, 5.74) is 2.63. The number of ketones is 2. The fourth-order valence-electron chi connectivity index (χ4n) is 4.17. The standard InChI is InChI=1S/C28H31N2O7/c1-17(2)25(29-28(35)36-4)26(33)30-15-5-6-23(30)27(34)37-16-24(32)22-13-11-21(12-14-22)20-9-7-19(8-10-20)18(3)31/h7-14,17,23,25H,3,5-6,15-16H2,1-2,4H3,(H,29,35)/t23?,25-/m0/s1. The van der Waals surface area contributed by atoms with Crippen molar-refractivity contribution in [1.82, 2.24) is 10.2 Å². The molecular weight excluding hydrogens is 476 g/mol. The van der Waals surface area contributed by atoms with E-state index in [2.05, 4.69) is 17.0 Å². The van der Waals surface area contributed by atoms with E-state index < -0.39 is 36.7 Å². The predicted molar refractivity (Wildman–Crippen MR) is 136 cm³/mol. The highest BCUT2D eigenvalue weighted by Gasteiger charge is 2.39. The van der Waals surface area contributed by atoms with Gasteiger partial charge in [0.1, 0.15) is 12.1 Å². The summed E-state index contributed by atoms with van der Waals surface area (Å²) >= 11 is 0. The van der Waals surface area contributed by atoms with Gasteiger partial charge in [0, 0.05) is 24.6 Å². The fourth-order valence-corrected chi connectivity index (χ4v) is 4.17. The van der Waals surface area contributed by atoms with E-state index in [1.807, 2.05) is 0 Å². The third-order valence-electron chi connectivity index (χ3n) is 6.29. The Morgan fingerprint density at radius 1 is 0.973 bits per heavy atom. The molecule has 0 aliphatic carbocycles. The molecule has 2 aromatic carbocycles. The Labute approximate surface area is 216 Å². The molecule has 0 spiro atoms. The quantitative estimate of drug-likeness (QED) is 0.408. The van der Waals surface area contributed by atoms with Gasteiger partial charge in [-0.25, -0.2) is 9.59 Å². The molecule has 3 rings (SSSR count). The second kappa shape index (κ2) is 12.3. The summed E-state index contributed by atoms with van der Waals surface area (Å²) in [6, 6.07) is 12.1. The second-order valence-electron chi connectivity index (χ2n) is 9.16. The molecule has 1 unspecified atom stereocenters. The maximum atomic E-state index is 13.1. The number of hydrogen-bond acceptors (Lipinski definition) is 7. The molecule has 1 N–H and O–H groups in total. The van der Waals surface area contributed by atoms with E-state index in [0.29, 0.717) is 30.5 Å². The van der Waals surface area contributed by atoms with Gasteiger partial charge >= 0.3 is 12.1 Å². The van der Waals surface area contributed by atoms with Gasteiger partial charge in [-0.1, -0.05) is 62.4 Å². The number of carbonyl (C=O) groups excluding carboxylic acids is 5. The van der Waals surface area contributed by atoms with Crippen molar-refractivity contribution in [2.24, 2.45) is 5.92 Å². The van der Waals surface area contributed by atoms with E-state index >= 15 is 0 Å². The molecular formula is C28H31N2O7. The van der Waals surface area contributed by atoms with Crippen LogP contribution in [0.15, 0.2) is 48.5 Å². The third-order valence-corrected chi connectivity index (χ3v) is 6.29. The van der Waals surface area contributed by atoms with Crippen LogP contribution < -0.4 is 5.32 Å². The number of methoxy groups -OCH3 is 1. The molecule has 195 valence electrons. The van der Waals surface area contributed by atoms with Crippen LogP contribution in [-0.4, -0.2) is 66.8 Å². The van der Waals surface area contributed by atoms with Crippen LogP contribution in [-0.2, 0) is 19.1 Å². The van der Waals surface area contributed by atoms with Gasteiger partial charge in [-0.15, -0.1) is 0 Å². The highest BCUT2D eigenvalue weighted by molar-refractivity contribution is 6.00. The van der Waals surface area contributed by atoms with Crippen LogP contribution >= 0.6 is 0 Å². The molecule has 2 amide bonds. The van der Waals surface area contributed by atoms with Gasteiger partial charge in [0.25, 0.3) is 0 Å². The zero-order chi connectivity index (χ0) is 27.1. The van der Waals surface area contributed by atoms with Gasteiger partial charge in [0.05, 0.1) is 7.11 Å². The van der Waals surface area contributed by atoms with Gasteiger partial charge in [-0.2, -0.15) is 0 Å². The predicted octanol–water partition coefficient (Wildman–Crippen LogP) is 3.47. The Hall–Kier alpha value is -4.01. The highest BCUT2D eigenvalue weighted by Crippen LogP contribution is 2.23. The molecule has 9 nitrogen and oxygen atoms in total. The van der Waals surface area contributed by atoms with E-state index in [0.717, 1.165) is 11.1 Å². The Kier molecular flexibility index (Phi) is 9.16. The summed E-state index contributed by atoms with van der Waals surface area (Å²) in [6.45, 7) is 6.85. The number of nitrogens with zero attached hydrogens (tertiary/aromatic N) is 1. The van der Waals surface area contributed by atoms with Crippen LogP contribution in [0.25, 0.3) is 11.1 Å². The summed E-state index contributed by atoms with van der Waals surface area (Å²) in [7, 11) is 1.21. The van der Waals surface area contributed by atoms with E-state index in [1.165, 1.54) is 12.0 Å². The minimum absolute atomic E-state index is 0.225. The summed E-state index contributed by atoms with van der Waals surface area (Å²) in [6.07, 6.45) is 0.287. The molecule has 1 radical (unpaired) electrons. The summed E-state index contributed by atoms with van der Waals surface area (Å²) in [5.74, 6) is -1.91. The van der Waals surface area contributed by atoms with Crippen LogP contribution in [0, 0.1) is 12.8 Å². The molecule has 0 bridgehead atoms. The van der Waals surface area contributed by atoms with Gasteiger partial charge < -0.3 is 19.7 Å². The molecule has 1 fully saturated rings. The molecule has 1 aliphatic heterocycles. The zero-order valence-electron chi connectivity index (χ0n) is 21.2. The van der Waals surface area contributed by atoms with Crippen molar-refractivity contribution in [1.29, 1.82) is 0 Å². The number of hydrogen-bond donors (Lipinski definition) is 1. The van der Waals surface area contributed by atoms with Crippen LogP contribution in [0.1, 0.15) is 47.4 Å². The molecule has 1 heterocycles.